The lowest BCUT2D eigenvalue weighted by Gasteiger charge is -2.01. The van der Waals surface area contributed by atoms with Crippen LogP contribution < -0.4 is 0 Å². The van der Waals surface area contributed by atoms with Gasteiger partial charge in [0.2, 0.25) is 0 Å². The predicted octanol–water partition coefficient (Wildman–Crippen LogP) is 2.54. The summed E-state index contributed by atoms with van der Waals surface area (Å²) in [6, 6.07) is 5.68. The molecule has 0 unspecified atom stereocenters. The van der Waals surface area contributed by atoms with E-state index in [-0.39, 0.29) is 6.61 Å². The fraction of sp³-hybridized carbons (Fsp3) is 0.333. The lowest BCUT2D eigenvalue weighted by atomic mass is 10.1. The Hall–Kier alpha value is -1.95. The lowest BCUT2D eigenvalue weighted by Crippen LogP contribution is -1.89. The summed E-state index contributed by atoms with van der Waals surface area (Å²) in [5.74, 6) is 5.90. The first-order chi connectivity index (χ1) is 7.77. The molecule has 0 atom stereocenters. The maximum Gasteiger partial charge on any atom is 0.0684 e. The van der Waals surface area contributed by atoms with Gasteiger partial charge in [0.1, 0.15) is 0 Å². The van der Waals surface area contributed by atoms with Gasteiger partial charge in [0, 0.05) is 23.4 Å². The van der Waals surface area contributed by atoms with Crippen LogP contribution >= 0.6 is 0 Å². The minimum absolute atomic E-state index is 0.0520. The van der Waals surface area contributed by atoms with Gasteiger partial charge in [-0.25, -0.2) is 0 Å². The van der Waals surface area contributed by atoms with Crippen LogP contribution in [0.25, 0.3) is 10.4 Å². The van der Waals surface area contributed by atoms with E-state index in [4.69, 9.17) is 10.6 Å². The molecule has 4 heteroatoms. The fourth-order valence-electron chi connectivity index (χ4n) is 1.27. The number of azide groups is 1. The molecule has 0 saturated heterocycles. The van der Waals surface area contributed by atoms with E-state index >= 15 is 0 Å². The van der Waals surface area contributed by atoms with Crippen LogP contribution in [0.2, 0.25) is 0 Å². The van der Waals surface area contributed by atoms with Crippen molar-refractivity contribution in [1.82, 2.24) is 0 Å². The summed E-state index contributed by atoms with van der Waals surface area (Å²) in [5.41, 5.74) is 10.9. The van der Waals surface area contributed by atoms with Crippen LogP contribution in [0.1, 0.15) is 23.1 Å². The van der Waals surface area contributed by atoms with E-state index in [0.717, 1.165) is 16.7 Å². The van der Waals surface area contributed by atoms with Crippen LogP contribution in [0.5, 0.6) is 0 Å². The summed E-state index contributed by atoms with van der Waals surface area (Å²) in [6.45, 7) is 2.39. The Morgan fingerprint density at radius 3 is 2.94 bits per heavy atom. The summed E-state index contributed by atoms with van der Waals surface area (Å²) >= 11 is 0. The van der Waals surface area contributed by atoms with E-state index in [1.165, 1.54) is 0 Å². The molecule has 0 radical (unpaired) electrons. The topological polar surface area (TPSA) is 69.0 Å². The van der Waals surface area contributed by atoms with Crippen molar-refractivity contribution in [3.05, 3.63) is 45.3 Å². The number of aryl methyl sites for hydroxylation is 1. The van der Waals surface area contributed by atoms with Crippen LogP contribution in [0.4, 0.5) is 0 Å². The first kappa shape index (κ1) is 12.1. The molecule has 0 saturated carbocycles. The van der Waals surface area contributed by atoms with Crippen LogP contribution in [0.15, 0.2) is 23.3 Å². The molecule has 1 N–H and O–H groups in total. The van der Waals surface area contributed by atoms with E-state index in [9.17, 15) is 0 Å². The molecule has 0 heterocycles. The molecule has 1 aromatic rings. The zero-order valence-corrected chi connectivity index (χ0v) is 9.14. The zero-order valence-electron chi connectivity index (χ0n) is 9.14. The second-order valence-corrected chi connectivity index (χ2v) is 3.31. The van der Waals surface area contributed by atoms with Crippen molar-refractivity contribution in [2.45, 2.75) is 20.0 Å². The summed E-state index contributed by atoms with van der Waals surface area (Å²) in [6.07, 6.45) is 0.560. The average molecular weight is 215 g/mol. The second-order valence-electron chi connectivity index (χ2n) is 3.31. The van der Waals surface area contributed by atoms with E-state index in [1.54, 1.807) is 0 Å². The van der Waals surface area contributed by atoms with Gasteiger partial charge < -0.3 is 5.11 Å². The molecule has 1 aromatic carbocycles. The lowest BCUT2D eigenvalue weighted by molar-refractivity contribution is 0.281. The Kier molecular flexibility index (Phi) is 4.94. The number of nitrogens with zero attached hydrogens (tertiary/aromatic N) is 3. The molecule has 0 amide bonds. The third-order valence-corrected chi connectivity index (χ3v) is 2.15. The molecule has 4 nitrogen and oxygen atoms in total. The van der Waals surface area contributed by atoms with Crippen LogP contribution in [0, 0.1) is 18.8 Å². The van der Waals surface area contributed by atoms with Crippen molar-refractivity contribution >= 4 is 0 Å². The van der Waals surface area contributed by atoms with Crippen molar-refractivity contribution in [3.8, 4) is 11.8 Å². The summed E-state index contributed by atoms with van der Waals surface area (Å²) in [5, 5.41) is 12.4. The Morgan fingerprint density at radius 2 is 2.31 bits per heavy atom. The highest BCUT2D eigenvalue weighted by molar-refractivity contribution is 5.40. The third kappa shape index (κ3) is 3.66. The van der Waals surface area contributed by atoms with Crippen LogP contribution in [0.3, 0.4) is 0 Å². The SMILES string of the molecule is Cc1cc(C#CCCN=[N+]=[N-])ccc1CO. The molecule has 0 aromatic heterocycles. The smallest absolute Gasteiger partial charge is 0.0684 e. The highest BCUT2D eigenvalue weighted by Gasteiger charge is 1.96. The van der Waals surface area contributed by atoms with E-state index in [0.29, 0.717) is 13.0 Å². The minimum atomic E-state index is 0.0520. The Labute approximate surface area is 94.5 Å². The maximum absolute atomic E-state index is 9.00. The molecule has 1 rings (SSSR count). The van der Waals surface area contributed by atoms with Gasteiger partial charge in [-0.3, -0.25) is 0 Å². The zero-order chi connectivity index (χ0) is 11.8. The molecule has 0 aliphatic rings. The van der Waals surface area contributed by atoms with Crippen molar-refractivity contribution in [1.29, 1.82) is 0 Å². The summed E-state index contributed by atoms with van der Waals surface area (Å²) in [4.78, 5) is 2.65. The van der Waals surface area contributed by atoms with Crippen molar-refractivity contribution in [2.75, 3.05) is 6.54 Å². The molecule has 0 bridgehead atoms. The van der Waals surface area contributed by atoms with Gasteiger partial charge in [-0.2, -0.15) is 0 Å². The Morgan fingerprint density at radius 1 is 1.50 bits per heavy atom. The van der Waals surface area contributed by atoms with Crippen LogP contribution in [-0.2, 0) is 6.61 Å². The second kappa shape index (κ2) is 6.52. The Balaban J connectivity index is 2.67. The van der Waals surface area contributed by atoms with Gasteiger partial charge in [-0.05, 0) is 35.7 Å². The predicted molar refractivity (Wildman–Crippen MR) is 62.6 cm³/mol. The quantitative estimate of drug-likeness (QED) is 0.272. The molecular formula is C12H13N3O. The molecule has 16 heavy (non-hydrogen) atoms. The third-order valence-electron chi connectivity index (χ3n) is 2.15. The number of aliphatic hydroxyl groups excluding tert-OH is 1. The monoisotopic (exact) mass is 215 g/mol. The number of hydrogen-bond acceptors (Lipinski definition) is 2. The number of aliphatic hydroxyl groups is 1. The highest BCUT2D eigenvalue weighted by atomic mass is 16.3. The molecule has 0 spiro atoms. The van der Waals surface area contributed by atoms with Crippen molar-refractivity contribution in [2.24, 2.45) is 5.11 Å². The highest BCUT2D eigenvalue weighted by Crippen LogP contribution is 2.10. The summed E-state index contributed by atoms with van der Waals surface area (Å²) in [7, 11) is 0. The maximum atomic E-state index is 9.00. The van der Waals surface area contributed by atoms with Gasteiger partial charge in [-0.15, -0.1) is 0 Å². The standard InChI is InChI=1S/C12H13N3O/c1-10-8-11(5-6-12(10)9-16)4-2-3-7-14-15-13/h5-6,8,16H,3,7,9H2,1H3. The minimum Gasteiger partial charge on any atom is -0.392 e. The molecule has 0 aliphatic carbocycles. The van der Waals surface area contributed by atoms with E-state index in [1.807, 2.05) is 25.1 Å². The largest absolute Gasteiger partial charge is 0.392 e. The molecule has 82 valence electrons. The fourth-order valence-corrected chi connectivity index (χ4v) is 1.27. The first-order valence-electron chi connectivity index (χ1n) is 4.98. The van der Waals surface area contributed by atoms with Gasteiger partial charge in [0.15, 0.2) is 0 Å². The number of benzene rings is 1. The average Bonchev–Trinajstić information content (AvgIpc) is 2.29. The van der Waals surface area contributed by atoms with E-state index in [2.05, 4.69) is 21.9 Å². The van der Waals surface area contributed by atoms with E-state index < -0.39 is 0 Å². The molecule has 0 fully saturated rings. The van der Waals surface area contributed by atoms with Gasteiger partial charge >= 0.3 is 0 Å². The number of hydrogen-bond donors (Lipinski definition) is 1. The van der Waals surface area contributed by atoms with Gasteiger partial charge in [-0.1, -0.05) is 23.0 Å². The normalized spacial score (nSPS) is 8.88. The van der Waals surface area contributed by atoms with Crippen LogP contribution in [-0.4, -0.2) is 11.7 Å². The molecule has 0 aliphatic heterocycles. The molecular weight excluding hydrogens is 202 g/mol. The summed E-state index contributed by atoms with van der Waals surface area (Å²) < 4.78 is 0. The van der Waals surface area contributed by atoms with Crippen molar-refractivity contribution in [3.63, 3.8) is 0 Å². The van der Waals surface area contributed by atoms with Gasteiger partial charge in [0.25, 0.3) is 0 Å². The Bertz CT molecular complexity index is 465. The first-order valence-corrected chi connectivity index (χ1v) is 4.98. The number of rotatable bonds is 3. The van der Waals surface area contributed by atoms with Gasteiger partial charge in [0.05, 0.1) is 6.61 Å². The van der Waals surface area contributed by atoms with Crippen molar-refractivity contribution < 1.29 is 5.11 Å².